The minimum atomic E-state index is 0.606. The number of unbranched alkanes of at least 4 members (excludes halogenated alkanes) is 5. The van der Waals surface area contributed by atoms with Gasteiger partial charge in [0.2, 0.25) is 0 Å². The zero-order chi connectivity index (χ0) is 17.5. The van der Waals surface area contributed by atoms with Crippen LogP contribution < -0.4 is 0 Å². The fraction of sp³-hybridized carbons (Fsp3) is 0.682. The van der Waals surface area contributed by atoms with Gasteiger partial charge in [0, 0.05) is 6.42 Å². The molecule has 0 bridgehead atoms. The summed E-state index contributed by atoms with van der Waals surface area (Å²) in [4.78, 5) is 0. The van der Waals surface area contributed by atoms with E-state index in [9.17, 15) is 0 Å². The van der Waals surface area contributed by atoms with Gasteiger partial charge in [-0.15, -0.1) is 0 Å². The molecule has 1 rings (SSSR count). The van der Waals surface area contributed by atoms with Crippen molar-refractivity contribution in [2.75, 3.05) is 0 Å². The van der Waals surface area contributed by atoms with Gasteiger partial charge in [0.15, 0.2) is 5.05 Å². The Labute approximate surface area is 155 Å². The topological polar surface area (TPSA) is 9.23 Å². The van der Waals surface area contributed by atoms with Crippen LogP contribution in [0, 0.1) is 5.92 Å². The average Bonchev–Trinajstić information content (AvgIpc) is 2.62. The van der Waals surface area contributed by atoms with E-state index in [1.807, 2.05) is 18.2 Å². The van der Waals surface area contributed by atoms with Crippen molar-refractivity contribution < 1.29 is 4.74 Å². The molecule has 1 nitrogen and oxygen atoms in total. The molecule has 0 fully saturated rings. The maximum absolute atomic E-state index is 5.71. The van der Waals surface area contributed by atoms with Crippen LogP contribution >= 0.6 is 12.2 Å². The summed E-state index contributed by atoms with van der Waals surface area (Å²) in [6, 6.07) is 10.3. The number of hydrogen-bond acceptors (Lipinski definition) is 2. The quantitative estimate of drug-likeness (QED) is 0.254. The largest absolute Gasteiger partial charge is 0.482 e. The van der Waals surface area contributed by atoms with Gasteiger partial charge in [-0.05, 0) is 36.5 Å². The molecule has 0 saturated carbocycles. The Morgan fingerprint density at radius 2 is 1.58 bits per heavy atom. The van der Waals surface area contributed by atoms with Crippen LogP contribution in [0.5, 0.6) is 0 Å². The van der Waals surface area contributed by atoms with Crippen LogP contribution in [-0.2, 0) is 11.3 Å². The summed E-state index contributed by atoms with van der Waals surface area (Å²) >= 11 is 5.37. The summed E-state index contributed by atoms with van der Waals surface area (Å²) in [5, 5.41) is 0.772. The summed E-state index contributed by atoms with van der Waals surface area (Å²) in [5.74, 6) is 0.869. The van der Waals surface area contributed by atoms with Gasteiger partial charge in [0.1, 0.15) is 6.61 Å². The second kappa shape index (κ2) is 14.5. The lowest BCUT2D eigenvalue weighted by Crippen LogP contribution is -2.04. The predicted octanol–water partition coefficient (Wildman–Crippen LogP) is 7.48. The van der Waals surface area contributed by atoms with Crippen molar-refractivity contribution >= 4 is 17.3 Å². The number of rotatable bonds is 14. The molecule has 1 unspecified atom stereocenters. The van der Waals surface area contributed by atoms with Gasteiger partial charge < -0.3 is 4.74 Å². The summed E-state index contributed by atoms with van der Waals surface area (Å²) in [5.41, 5.74) is 1.19. The highest BCUT2D eigenvalue weighted by Crippen LogP contribution is 2.21. The average molecular weight is 349 g/mol. The van der Waals surface area contributed by atoms with Gasteiger partial charge in [0.05, 0.1) is 0 Å². The Balaban J connectivity index is 2.05. The third-order valence-corrected chi connectivity index (χ3v) is 5.10. The molecule has 0 aliphatic heterocycles. The Morgan fingerprint density at radius 1 is 0.917 bits per heavy atom. The number of hydrogen-bond donors (Lipinski definition) is 0. The van der Waals surface area contributed by atoms with Crippen molar-refractivity contribution in [3.8, 4) is 0 Å². The second-order valence-electron chi connectivity index (χ2n) is 6.87. The van der Waals surface area contributed by atoms with Crippen LogP contribution in [0.15, 0.2) is 30.3 Å². The minimum Gasteiger partial charge on any atom is -0.482 e. The molecular formula is C22H36OS. The zero-order valence-electron chi connectivity index (χ0n) is 15.8. The van der Waals surface area contributed by atoms with Crippen LogP contribution in [0.1, 0.15) is 90.0 Å². The smallest absolute Gasteiger partial charge is 0.160 e. The van der Waals surface area contributed by atoms with E-state index >= 15 is 0 Å². The second-order valence-corrected chi connectivity index (χ2v) is 7.32. The van der Waals surface area contributed by atoms with Crippen LogP contribution in [0.4, 0.5) is 0 Å². The molecule has 0 aromatic heterocycles. The molecule has 0 aliphatic carbocycles. The maximum atomic E-state index is 5.71. The third-order valence-electron chi connectivity index (χ3n) is 4.78. The van der Waals surface area contributed by atoms with Crippen LogP contribution in [-0.4, -0.2) is 5.05 Å². The maximum Gasteiger partial charge on any atom is 0.160 e. The Bertz CT molecular complexity index is 415. The van der Waals surface area contributed by atoms with Crippen LogP contribution in [0.25, 0.3) is 0 Å². The first-order valence-electron chi connectivity index (χ1n) is 9.95. The van der Waals surface area contributed by atoms with Crippen LogP contribution in [0.2, 0.25) is 0 Å². The van der Waals surface area contributed by atoms with Gasteiger partial charge >= 0.3 is 0 Å². The molecule has 0 amide bonds. The molecular weight excluding hydrogens is 312 g/mol. The number of benzene rings is 1. The lowest BCUT2D eigenvalue weighted by atomic mass is 9.93. The van der Waals surface area contributed by atoms with E-state index in [0.717, 1.165) is 17.4 Å². The third kappa shape index (κ3) is 10.8. The molecule has 1 aromatic carbocycles. The van der Waals surface area contributed by atoms with Crippen molar-refractivity contribution in [1.29, 1.82) is 0 Å². The molecule has 24 heavy (non-hydrogen) atoms. The predicted molar refractivity (Wildman–Crippen MR) is 109 cm³/mol. The number of thiocarbonyl (C=S) groups is 1. The molecule has 0 saturated heterocycles. The highest BCUT2D eigenvalue weighted by molar-refractivity contribution is 7.80. The van der Waals surface area contributed by atoms with Crippen molar-refractivity contribution in [3.63, 3.8) is 0 Å². The molecule has 1 aromatic rings. The molecule has 0 aliphatic rings. The zero-order valence-corrected chi connectivity index (χ0v) is 16.6. The lowest BCUT2D eigenvalue weighted by molar-refractivity contribution is 0.289. The van der Waals surface area contributed by atoms with Crippen LogP contribution in [0.3, 0.4) is 0 Å². The molecule has 0 heterocycles. The first kappa shape index (κ1) is 21.2. The van der Waals surface area contributed by atoms with E-state index in [-0.39, 0.29) is 0 Å². The fourth-order valence-corrected chi connectivity index (χ4v) is 3.31. The fourth-order valence-electron chi connectivity index (χ4n) is 3.11. The first-order chi connectivity index (χ1) is 11.8. The van der Waals surface area contributed by atoms with Crippen molar-refractivity contribution in [3.05, 3.63) is 35.9 Å². The van der Waals surface area contributed by atoms with Crippen molar-refractivity contribution in [2.24, 2.45) is 5.92 Å². The van der Waals surface area contributed by atoms with Crippen molar-refractivity contribution in [1.82, 2.24) is 0 Å². The summed E-state index contributed by atoms with van der Waals surface area (Å²) in [6.07, 6.45) is 14.5. The summed E-state index contributed by atoms with van der Waals surface area (Å²) in [7, 11) is 0. The molecule has 1 atom stereocenters. The molecule has 0 radical (unpaired) electrons. The minimum absolute atomic E-state index is 0.606. The molecule has 136 valence electrons. The highest BCUT2D eigenvalue weighted by atomic mass is 32.1. The van der Waals surface area contributed by atoms with Gasteiger partial charge in [-0.25, -0.2) is 0 Å². The molecule has 0 spiro atoms. The monoisotopic (exact) mass is 348 g/mol. The number of ether oxygens (including phenoxy) is 1. The van der Waals surface area contributed by atoms with E-state index in [0.29, 0.717) is 6.61 Å². The lowest BCUT2D eigenvalue weighted by Gasteiger charge is -2.15. The first-order valence-corrected chi connectivity index (χ1v) is 10.4. The van der Waals surface area contributed by atoms with E-state index in [1.54, 1.807) is 0 Å². The van der Waals surface area contributed by atoms with E-state index < -0.39 is 0 Å². The van der Waals surface area contributed by atoms with Gasteiger partial charge in [-0.1, -0.05) is 95.5 Å². The van der Waals surface area contributed by atoms with E-state index in [4.69, 9.17) is 17.0 Å². The van der Waals surface area contributed by atoms with Gasteiger partial charge in [0.25, 0.3) is 0 Å². The molecule has 0 N–H and O–H groups in total. The highest BCUT2D eigenvalue weighted by Gasteiger charge is 2.07. The Kier molecular flexibility index (Phi) is 12.7. The van der Waals surface area contributed by atoms with E-state index in [2.05, 4.69) is 26.0 Å². The molecule has 2 heteroatoms. The SMILES string of the molecule is CCCCCCCCC(CC)CCCC(=S)OCc1ccccc1. The van der Waals surface area contributed by atoms with Gasteiger partial charge in [-0.2, -0.15) is 0 Å². The summed E-state index contributed by atoms with van der Waals surface area (Å²) in [6.45, 7) is 5.21. The Morgan fingerprint density at radius 3 is 2.29 bits per heavy atom. The van der Waals surface area contributed by atoms with Gasteiger partial charge in [-0.3, -0.25) is 0 Å². The summed E-state index contributed by atoms with van der Waals surface area (Å²) < 4.78 is 5.71. The van der Waals surface area contributed by atoms with Crippen molar-refractivity contribution in [2.45, 2.75) is 91.1 Å². The Hall–Kier alpha value is -0.890. The standard InChI is InChI=1S/C22H36OS/c1-3-5-6-7-8-10-14-20(4-2)17-13-18-22(24)23-19-21-15-11-9-12-16-21/h9,11-12,15-16,20H,3-8,10,13-14,17-19H2,1-2H3. The van der Waals surface area contributed by atoms with E-state index in [1.165, 1.54) is 69.8 Å². The normalized spacial score (nSPS) is 12.1.